The molecule has 31 nitrogen and oxygen atoms in total. The second-order valence-corrected chi connectivity index (χ2v) is 34.1. The number of ether oxygens (including phenoxy) is 5. The van der Waals surface area contributed by atoms with E-state index < -0.39 is 51.3 Å². The predicted molar refractivity (Wildman–Crippen MR) is 529 cm³/mol. The van der Waals surface area contributed by atoms with Crippen LogP contribution in [0.4, 0.5) is 0 Å². The number of carbonyl (C=O) groups excluding carboxylic acids is 3. The van der Waals surface area contributed by atoms with E-state index >= 15 is 0 Å². The number of esters is 1. The summed E-state index contributed by atoms with van der Waals surface area (Å²) in [5, 5.41) is 58.8. The van der Waals surface area contributed by atoms with Gasteiger partial charge in [-0.15, -0.1) is 0 Å². The van der Waals surface area contributed by atoms with E-state index in [-0.39, 0.29) is 81.1 Å². The van der Waals surface area contributed by atoms with Crippen LogP contribution in [-0.2, 0) is 37.5 Å². The van der Waals surface area contributed by atoms with Gasteiger partial charge < -0.3 is 78.2 Å². The van der Waals surface area contributed by atoms with Gasteiger partial charge in [-0.2, -0.15) is 10.5 Å². The smallest absolute Gasteiger partial charge is 0.347 e. The zero-order chi connectivity index (χ0) is 98.1. The van der Waals surface area contributed by atoms with Gasteiger partial charge in [0, 0.05) is 90.9 Å². The number of amides is 2. The summed E-state index contributed by atoms with van der Waals surface area (Å²) in [5.74, 6) is -0.0263. The number of aryl methyl sites for hydroxylation is 1. The quantitative estimate of drug-likeness (QED) is 0.0386. The first kappa shape index (κ1) is 99.9. The number of pyridine rings is 10. The van der Waals surface area contributed by atoms with E-state index in [4.69, 9.17) is 52.6 Å². The van der Waals surface area contributed by atoms with Gasteiger partial charge >= 0.3 is 5.97 Å². The number of nitrogens with two attached hydrogens (primary N) is 1. The highest BCUT2D eigenvalue weighted by atomic mass is 35.5. The molecule has 33 heteroatoms. The fourth-order valence-electron chi connectivity index (χ4n) is 16.8. The maximum atomic E-state index is 13.3. The summed E-state index contributed by atoms with van der Waals surface area (Å²) in [7, 11) is 6.36. The number of nitrogens with zero attached hydrogens (tertiary/aromatic N) is 12. The molecule has 0 spiro atoms. The Hall–Kier alpha value is -15.6. The molecular formula is C105H105Cl2N15O16. The van der Waals surface area contributed by atoms with Gasteiger partial charge in [0.25, 0.3) is 39.6 Å². The molecule has 0 bridgehead atoms. The summed E-state index contributed by atoms with van der Waals surface area (Å²) in [6.07, 6.45) is 32.2. The van der Waals surface area contributed by atoms with E-state index in [1.165, 1.54) is 86.1 Å². The van der Waals surface area contributed by atoms with Crippen molar-refractivity contribution in [3.63, 3.8) is 0 Å². The van der Waals surface area contributed by atoms with Gasteiger partial charge in [-0.3, -0.25) is 58.5 Å². The standard InChI is InChI=1S/C23H25N3O4.C23H25N3O3.C19H18N2O5.2C17H12ClN3O2.C6H13N/c1-30-17-9-7-15(8-10-17)14-26-19-11-12-24-13-18(19)21(27)20(23(26)29)22(28)25-16-5-3-2-4-6-16;1-15-7-9-16(10-8-15)14-26-19-11-12-24-13-18(19)21(27)20(23(26)29)22(28)25-17-5-3-2-4-6-17;1-3-26-19(24)16-17(22)14-10-20-9-8-15(14)21(18(16)23)11-12-4-6-13(25-2)7-5-12;2*1-23-12-4-2-11(3-5-12)10-21-15-6-7-20-9-14(15)16(18)13(8-19)17(21)22;7-6-4-2-1-3-5-6/h7-13,16,27H,2-6,14H2,1H3,(H,25,28);7-13,17,27H,2-6,14H2,1H3,(H,25,28);4-10,22H,3,11H2,1-2H3;2*2-7,9H,10H2,1H3;6H,1-5,7H2. The summed E-state index contributed by atoms with van der Waals surface area (Å²) < 4.78 is 33.0. The van der Waals surface area contributed by atoms with Crippen molar-refractivity contribution in [3.05, 3.63) is 337 Å². The maximum absolute atomic E-state index is 13.3. The molecule has 0 atom stereocenters. The number of nitrogens with one attached hydrogen (secondary N) is 2. The van der Waals surface area contributed by atoms with Crippen LogP contribution in [0.2, 0.25) is 10.0 Å². The van der Waals surface area contributed by atoms with Crippen LogP contribution in [0.3, 0.4) is 0 Å². The molecule has 3 fully saturated rings. The number of aromatic nitrogens is 10. The van der Waals surface area contributed by atoms with Crippen LogP contribution < -0.4 is 63.1 Å². The monoisotopic (exact) mass is 1900 g/mol. The molecule has 3 saturated carbocycles. The van der Waals surface area contributed by atoms with Gasteiger partial charge in [0.2, 0.25) is 0 Å². The summed E-state index contributed by atoms with van der Waals surface area (Å²) in [6, 6.07) is 50.1. The minimum atomic E-state index is -0.857. The number of methoxy groups -OCH3 is 4. The van der Waals surface area contributed by atoms with E-state index in [2.05, 4.69) is 35.6 Å². The number of hydrogen-bond donors (Lipinski definition) is 6. The van der Waals surface area contributed by atoms with Crippen molar-refractivity contribution in [2.24, 2.45) is 5.73 Å². The lowest BCUT2D eigenvalue weighted by Crippen LogP contribution is -2.40. The third kappa shape index (κ3) is 23.8. The third-order valence-electron chi connectivity index (χ3n) is 24.3. The molecule has 18 rings (SSSR count). The summed E-state index contributed by atoms with van der Waals surface area (Å²) in [5.41, 5.74) is 10.7. The molecule has 3 aliphatic carbocycles. The van der Waals surface area contributed by atoms with E-state index in [9.17, 15) is 64.2 Å². The van der Waals surface area contributed by atoms with Crippen LogP contribution in [0.1, 0.15) is 179 Å². The van der Waals surface area contributed by atoms with Gasteiger partial charge in [0.15, 0.2) is 5.56 Å². The van der Waals surface area contributed by atoms with Crippen molar-refractivity contribution >= 4 is 95.5 Å². The average Bonchev–Trinajstić information content (AvgIpc) is 0.753. The van der Waals surface area contributed by atoms with Crippen molar-refractivity contribution in [1.29, 1.82) is 10.5 Å². The Balaban J connectivity index is 0.000000143. The molecule has 0 radical (unpaired) electrons. The van der Waals surface area contributed by atoms with Gasteiger partial charge in [0.05, 0.1) is 122 Å². The fourth-order valence-corrected chi connectivity index (χ4v) is 17.4. The number of rotatable bonds is 20. The van der Waals surface area contributed by atoms with Crippen molar-refractivity contribution in [2.45, 2.75) is 161 Å². The van der Waals surface area contributed by atoms with Crippen molar-refractivity contribution < 1.29 is 53.4 Å². The van der Waals surface area contributed by atoms with Crippen LogP contribution >= 0.6 is 23.2 Å². The normalized spacial score (nSPS) is 13.1. The number of fused-ring (bicyclic) bond motifs is 5. The van der Waals surface area contributed by atoms with Gasteiger partial charge in [0.1, 0.15) is 74.6 Å². The first-order chi connectivity index (χ1) is 66.9. The molecule has 5 aromatic carbocycles. The molecule has 15 aromatic rings. The highest BCUT2D eigenvalue weighted by Crippen LogP contribution is 2.34. The van der Waals surface area contributed by atoms with E-state index in [0.717, 1.165) is 108 Å². The molecule has 0 unspecified atom stereocenters. The minimum absolute atomic E-state index is 0.0321. The van der Waals surface area contributed by atoms with Crippen LogP contribution in [0.15, 0.2) is 238 Å². The fraction of sp³-hybridized carbons (Fsp3) is 0.286. The number of hydrogen-bond acceptors (Lipinski definition) is 24. The number of carbonyl (C=O) groups is 3. The van der Waals surface area contributed by atoms with E-state index in [1.54, 1.807) is 115 Å². The summed E-state index contributed by atoms with van der Waals surface area (Å²) in [6.45, 7) is 5.18. The number of halogens is 2. The van der Waals surface area contributed by atoms with Crippen LogP contribution in [0, 0.1) is 29.6 Å². The van der Waals surface area contributed by atoms with Crippen LogP contribution in [0.25, 0.3) is 54.5 Å². The SMILES string of the molecule is CCOC(=O)c1c(O)c2cnccc2n(Cc2ccc(OC)cc2)c1=O.COc1ccc(Cn2c(=O)c(C#N)c(Cl)c3cnccc32)cc1.COc1ccc(Cn2c(=O)c(C#N)c(Cl)c3cnccc32)cc1.COc1ccc(Cn2c(=O)c(C(=O)NC3CCCCC3)c(O)c3cnccc32)cc1.Cc1ccc(Cn2c(=O)c(C(=O)NC3CCCCC3)c(O)c3cnccc32)cc1.NC1CCCCC1. The lowest BCUT2D eigenvalue weighted by atomic mass is 9.95. The van der Waals surface area contributed by atoms with Crippen molar-refractivity contribution in [3.8, 4) is 52.4 Å². The topological polar surface area (TPSA) is 430 Å². The van der Waals surface area contributed by atoms with Crippen molar-refractivity contribution in [2.75, 3.05) is 35.0 Å². The number of aromatic hydroxyl groups is 3. The first-order valence-corrected chi connectivity index (χ1v) is 46.0. The highest BCUT2D eigenvalue weighted by molar-refractivity contribution is 6.37. The zero-order valence-electron chi connectivity index (χ0n) is 77.1. The van der Waals surface area contributed by atoms with Crippen LogP contribution in [0.5, 0.6) is 40.2 Å². The molecule has 2 amide bonds. The summed E-state index contributed by atoms with van der Waals surface area (Å²) >= 11 is 12.3. The highest BCUT2D eigenvalue weighted by Gasteiger charge is 2.30. The molecule has 10 heterocycles. The zero-order valence-corrected chi connectivity index (χ0v) is 78.6. The number of benzene rings is 5. The molecule has 0 saturated heterocycles. The first-order valence-electron chi connectivity index (χ1n) is 45.2. The molecule has 3 aliphatic rings. The second kappa shape index (κ2) is 47.6. The van der Waals surface area contributed by atoms with Gasteiger partial charge in [-0.1, -0.05) is 159 Å². The molecular weight excluding hydrogens is 1800 g/mol. The summed E-state index contributed by atoms with van der Waals surface area (Å²) in [4.78, 5) is 123. The van der Waals surface area contributed by atoms with Crippen LogP contribution in [-0.4, -0.2) is 134 Å². The Kier molecular flexibility index (Phi) is 34.4. The Bertz CT molecular complexity index is 7150. The molecule has 10 aromatic heterocycles. The van der Waals surface area contributed by atoms with E-state index in [1.807, 2.05) is 128 Å². The number of nitriles is 2. The molecule has 710 valence electrons. The average molecular weight is 1900 g/mol. The Morgan fingerprint density at radius 1 is 0.384 bits per heavy atom. The third-order valence-corrected chi connectivity index (χ3v) is 25.1. The lowest BCUT2D eigenvalue weighted by molar-refractivity contribution is 0.0520. The lowest BCUT2D eigenvalue weighted by Gasteiger charge is -2.23. The predicted octanol–water partition coefficient (Wildman–Crippen LogP) is 16.3. The second-order valence-electron chi connectivity index (χ2n) is 33.3. The van der Waals surface area contributed by atoms with Gasteiger partial charge in [-0.25, -0.2) is 4.79 Å². The largest absolute Gasteiger partial charge is 0.506 e. The molecule has 0 aliphatic heterocycles. The Morgan fingerprint density at radius 2 is 0.638 bits per heavy atom. The van der Waals surface area contributed by atoms with E-state index in [0.29, 0.717) is 85.9 Å². The van der Waals surface area contributed by atoms with Gasteiger partial charge in [-0.05, 0) is 159 Å². The molecule has 138 heavy (non-hydrogen) atoms. The Morgan fingerprint density at radius 3 is 0.906 bits per heavy atom. The maximum Gasteiger partial charge on any atom is 0.347 e. The van der Waals surface area contributed by atoms with Crippen molar-refractivity contribution in [1.82, 2.24) is 58.4 Å². The molecule has 7 N–H and O–H groups in total. The minimum Gasteiger partial charge on any atom is -0.506 e. The Labute approximate surface area is 803 Å².